The van der Waals surface area contributed by atoms with Gasteiger partial charge in [0.05, 0.1) is 19.1 Å². The van der Waals surface area contributed by atoms with Crippen molar-refractivity contribution >= 4 is 11.5 Å². The fourth-order valence-electron chi connectivity index (χ4n) is 3.06. The van der Waals surface area contributed by atoms with Crippen molar-refractivity contribution in [3.05, 3.63) is 52.2 Å². The topological polar surface area (TPSA) is 77.7 Å². The maximum atomic E-state index is 11.2. The molecule has 0 amide bonds. The van der Waals surface area contributed by atoms with Gasteiger partial charge in [0.1, 0.15) is 11.5 Å². The molecule has 126 valence electrons. The molecular formula is C17H19N3O4. The molecule has 24 heavy (non-hydrogen) atoms. The van der Waals surface area contributed by atoms with Crippen LogP contribution < -0.4 is 14.4 Å². The zero-order valence-electron chi connectivity index (χ0n) is 13.6. The maximum Gasteiger partial charge on any atom is 0.311 e. The van der Waals surface area contributed by atoms with Crippen molar-refractivity contribution in [2.45, 2.75) is 12.3 Å². The SMILES string of the molecule is COc1cc(OC)cc(C2CCN(c3ncccc3[N+](=O)[O-])C2)c1. The van der Waals surface area contributed by atoms with Crippen LogP contribution in [0.15, 0.2) is 36.5 Å². The molecule has 0 N–H and O–H groups in total. The Morgan fingerprint density at radius 2 is 1.96 bits per heavy atom. The highest BCUT2D eigenvalue weighted by atomic mass is 16.6. The minimum atomic E-state index is -0.385. The average molecular weight is 329 g/mol. The summed E-state index contributed by atoms with van der Waals surface area (Å²) in [6, 6.07) is 8.89. The lowest BCUT2D eigenvalue weighted by molar-refractivity contribution is -0.384. The normalized spacial score (nSPS) is 16.9. The average Bonchev–Trinajstić information content (AvgIpc) is 3.11. The summed E-state index contributed by atoms with van der Waals surface area (Å²) in [5, 5.41) is 11.2. The minimum Gasteiger partial charge on any atom is -0.497 e. The van der Waals surface area contributed by atoms with Crippen LogP contribution in [0.25, 0.3) is 0 Å². The number of ether oxygens (including phenoxy) is 2. The zero-order valence-corrected chi connectivity index (χ0v) is 13.6. The lowest BCUT2D eigenvalue weighted by atomic mass is 9.98. The quantitative estimate of drug-likeness (QED) is 0.620. The molecule has 0 saturated carbocycles. The summed E-state index contributed by atoms with van der Waals surface area (Å²) in [6.45, 7) is 1.40. The Morgan fingerprint density at radius 3 is 2.58 bits per heavy atom. The predicted molar refractivity (Wildman–Crippen MR) is 90.0 cm³/mol. The van der Waals surface area contributed by atoms with Crippen LogP contribution in [0.5, 0.6) is 11.5 Å². The highest BCUT2D eigenvalue weighted by Crippen LogP contribution is 2.36. The second kappa shape index (κ2) is 6.74. The second-order valence-corrected chi connectivity index (χ2v) is 5.68. The van der Waals surface area contributed by atoms with E-state index in [9.17, 15) is 10.1 Å². The van der Waals surface area contributed by atoms with Gasteiger partial charge < -0.3 is 14.4 Å². The highest BCUT2D eigenvalue weighted by molar-refractivity contribution is 5.58. The first-order chi connectivity index (χ1) is 11.6. The van der Waals surface area contributed by atoms with Gasteiger partial charge in [0, 0.05) is 37.3 Å². The molecule has 2 aromatic rings. The van der Waals surface area contributed by atoms with Gasteiger partial charge in [0.2, 0.25) is 5.82 Å². The number of aromatic nitrogens is 1. The van der Waals surface area contributed by atoms with Gasteiger partial charge in [-0.2, -0.15) is 0 Å². The first kappa shape index (κ1) is 16.0. The Hall–Kier alpha value is -2.83. The number of benzene rings is 1. The molecule has 7 nitrogen and oxygen atoms in total. The molecule has 1 aliphatic rings. The Morgan fingerprint density at radius 1 is 1.25 bits per heavy atom. The molecule has 2 heterocycles. The summed E-state index contributed by atoms with van der Waals surface area (Å²) >= 11 is 0. The van der Waals surface area contributed by atoms with E-state index < -0.39 is 0 Å². The first-order valence-corrected chi connectivity index (χ1v) is 7.69. The number of anilines is 1. The summed E-state index contributed by atoms with van der Waals surface area (Å²) in [5.41, 5.74) is 1.15. The minimum absolute atomic E-state index is 0.0429. The summed E-state index contributed by atoms with van der Waals surface area (Å²) < 4.78 is 10.6. The number of nitro groups is 1. The zero-order chi connectivity index (χ0) is 17.1. The van der Waals surface area contributed by atoms with E-state index in [1.165, 1.54) is 6.07 Å². The van der Waals surface area contributed by atoms with Crippen molar-refractivity contribution in [2.75, 3.05) is 32.2 Å². The van der Waals surface area contributed by atoms with E-state index in [1.54, 1.807) is 26.5 Å². The highest BCUT2D eigenvalue weighted by Gasteiger charge is 2.29. The molecule has 1 fully saturated rings. The summed E-state index contributed by atoms with van der Waals surface area (Å²) in [5.74, 6) is 2.16. The molecule has 1 aliphatic heterocycles. The molecule has 7 heteroatoms. The van der Waals surface area contributed by atoms with Crippen LogP contribution in [-0.2, 0) is 0 Å². The van der Waals surface area contributed by atoms with Crippen molar-refractivity contribution < 1.29 is 14.4 Å². The first-order valence-electron chi connectivity index (χ1n) is 7.69. The van der Waals surface area contributed by atoms with Crippen LogP contribution in [0.2, 0.25) is 0 Å². The number of hydrogen-bond donors (Lipinski definition) is 0. The van der Waals surface area contributed by atoms with Crippen LogP contribution >= 0.6 is 0 Å². The Kier molecular flexibility index (Phi) is 4.50. The second-order valence-electron chi connectivity index (χ2n) is 5.68. The molecule has 1 saturated heterocycles. The van der Waals surface area contributed by atoms with E-state index in [-0.39, 0.29) is 16.5 Å². The Labute approximate surface area is 140 Å². The van der Waals surface area contributed by atoms with Crippen LogP contribution in [0, 0.1) is 10.1 Å². The van der Waals surface area contributed by atoms with Crippen molar-refractivity contribution in [1.82, 2.24) is 4.98 Å². The van der Waals surface area contributed by atoms with Crippen molar-refractivity contribution in [1.29, 1.82) is 0 Å². The van der Waals surface area contributed by atoms with Crippen LogP contribution in [0.1, 0.15) is 17.9 Å². The Balaban J connectivity index is 1.85. The fraction of sp³-hybridized carbons (Fsp3) is 0.353. The monoisotopic (exact) mass is 329 g/mol. The van der Waals surface area contributed by atoms with Gasteiger partial charge >= 0.3 is 5.69 Å². The molecule has 1 aromatic heterocycles. The number of rotatable bonds is 5. The smallest absolute Gasteiger partial charge is 0.311 e. The number of pyridine rings is 1. The van der Waals surface area contributed by atoms with Gasteiger partial charge in [-0.25, -0.2) is 4.98 Å². The van der Waals surface area contributed by atoms with Gasteiger partial charge in [0.15, 0.2) is 0 Å². The maximum absolute atomic E-state index is 11.2. The van der Waals surface area contributed by atoms with Crippen molar-refractivity contribution in [3.8, 4) is 11.5 Å². The van der Waals surface area contributed by atoms with E-state index in [4.69, 9.17) is 9.47 Å². The largest absolute Gasteiger partial charge is 0.497 e. The number of hydrogen-bond acceptors (Lipinski definition) is 6. The molecule has 1 unspecified atom stereocenters. The summed E-state index contributed by atoms with van der Waals surface area (Å²) in [4.78, 5) is 17.0. The number of methoxy groups -OCH3 is 2. The Bertz CT molecular complexity index is 728. The molecule has 1 atom stereocenters. The van der Waals surface area contributed by atoms with E-state index in [0.29, 0.717) is 12.4 Å². The summed E-state index contributed by atoms with van der Waals surface area (Å²) in [6.07, 6.45) is 2.48. The van der Waals surface area contributed by atoms with E-state index >= 15 is 0 Å². The van der Waals surface area contributed by atoms with Crippen LogP contribution in [-0.4, -0.2) is 37.2 Å². The molecular weight excluding hydrogens is 310 g/mol. The van der Waals surface area contributed by atoms with Gasteiger partial charge in [0.25, 0.3) is 0 Å². The van der Waals surface area contributed by atoms with E-state index in [0.717, 1.165) is 30.0 Å². The molecule has 0 spiro atoms. The van der Waals surface area contributed by atoms with Gasteiger partial charge in [-0.05, 0) is 30.2 Å². The molecule has 3 rings (SSSR count). The van der Waals surface area contributed by atoms with Gasteiger partial charge in [-0.1, -0.05) is 0 Å². The summed E-state index contributed by atoms with van der Waals surface area (Å²) in [7, 11) is 3.24. The molecule has 1 aromatic carbocycles. The molecule has 0 aliphatic carbocycles. The van der Waals surface area contributed by atoms with Gasteiger partial charge in [-0.15, -0.1) is 0 Å². The third kappa shape index (κ3) is 3.10. The van der Waals surface area contributed by atoms with Crippen LogP contribution in [0.4, 0.5) is 11.5 Å². The van der Waals surface area contributed by atoms with Crippen LogP contribution in [0.3, 0.4) is 0 Å². The van der Waals surface area contributed by atoms with E-state index in [1.807, 2.05) is 23.1 Å². The number of nitrogens with zero attached hydrogens (tertiary/aromatic N) is 3. The molecule has 0 radical (unpaired) electrons. The van der Waals surface area contributed by atoms with Crippen molar-refractivity contribution in [2.24, 2.45) is 0 Å². The third-order valence-electron chi connectivity index (χ3n) is 4.30. The van der Waals surface area contributed by atoms with Gasteiger partial charge in [-0.3, -0.25) is 10.1 Å². The fourth-order valence-corrected chi connectivity index (χ4v) is 3.06. The lowest BCUT2D eigenvalue weighted by Gasteiger charge is -2.18. The molecule has 0 bridgehead atoms. The predicted octanol–water partition coefficient (Wildman–Crippen LogP) is 3.00. The van der Waals surface area contributed by atoms with E-state index in [2.05, 4.69) is 4.98 Å². The lowest BCUT2D eigenvalue weighted by Crippen LogP contribution is -2.21. The third-order valence-corrected chi connectivity index (χ3v) is 4.30. The van der Waals surface area contributed by atoms with Crippen molar-refractivity contribution in [3.63, 3.8) is 0 Å². The standard InChI is InChI=1S/C17H19N3O4/c1-23-14-8-13(9-15(10-14)24-2)12-5-7-19(11-12)17-16(20(21)22)4-3-6-18-17/h3-4,6,8-10,12H,5,7,11H2,1-2H3.